The average Bonchev–Trinajstić information content (AvgIpc) is 2.87. The Kier molecular flexibility index (Phi) is 3.55. The largest absolute Gasteiger partial charge is 0.319 e. The normalized spacial score (nSPS) is 11.3. The van der Waals surface area contributed by atoms with Crippen LogP contribution in [0.5, 0.6) is 0 Å². The van der Waals surface area contributed by atoms with Crippen molar-refractivity contribution in [3.8, 4) is 0 Å². The summed E-state index contributed by atoms with van der Waals surface area (Å²) in [6.07, 6.45) is 1.20. The summed E-state index contributed by atoms with van der Waals surface area (Å²) in [4.78, 5) is 15.5. The lowest BCUT2D eigenvalue weighted by Gasteiger charge is -2.11. The summed E-state index contributed by atoms with van der Waals surface area (Å²) < 4.78 is 22.8. The molecule has 0 saturated carbocycles. The third-order valence-electron chi connectivity index (χ3n) is 2.85. The molecule has 0 aliphatic carbocycles. The predicted octanol–water partition coefficient (Wildman–Crippen LogP) is 0.321. The molecule has 0 unspecified atom stereocenters. The fourth-order valence-corrected chi connectivity index (χ4v) is 2.24. The van der Waals surface area contributed by atoms with Gasteiger partial charge in [0.15, 0.2) is 0 Å². The van der Waals surface area contributed by atoms with E-state index in [0.717, 1.165) is 5.56 Å². The van der Waals surface area contributed by atoms with Gasteiger partial charge in [0.2, 0.25) is 15.8 Å². The first-order valence-corrected chi connectivity index (χ1v) is 7.14. The average molecular weight is 295 g/mol. The Morgan fingerprint density at radius 1 is 1.35 bits per heavy atom. The number of carbonyl (C=O) groups is 1. The van der Waals surface area contributed by atoms with E-state index in [1.165, 1.54) is 18.5 Å². The summed E-state index contributed by atoms with van der Waals surface area (Å²) in [5, 5.41) is 13.7. The minimum absolute atomic E-state index is 0.0306. The zero-order valence-corrected chi connectivity index (χ0v) is 11.7. The van der Waals surface area contributed by atoms with E-state index < -0.39 is 15.9 Å². The number of anilines is 1. The maximum atomic E-state index is 11.9. The molecule has 4 N–H and O–H groups in total. The van der Waals surface area contributed by atoms with Gasteiger partial charge in [-0.05, 0) is 37.1 Å². The molecule has 1 heterocycles. The summed E-state index contributed by atoms with van der Waals surface area (Å²) in [6.45, 7) is 3.49. The quantitative estimate of drug-likeness (QED) is 0.750. The molecule has 8 nitrogen and oxygen atoms in total. The number of aryl methyl sites for hydroxylation is 1. The van der Waals surface area contributed by atoms with Gasteiger partial charge >= 0.3 is 0 Å². The van der Waals surface area contributed by atoms with Gasteiger partial charge in [0.05, 0.1) is 4.90 Å². The molecule has 1 aromatic carbocycles. The minimum Gasteiger partial charge on any atom is -0.319 e. The first-order chi connectivity index (χ1) is 9.29. The van der Waals surface area contributed by atoms with Crippen molar-refractivity contribution in [1.29, 1.82) is 0 Å². The number of amides is 1. The number of aromatic amines is 1. The number of hydrogen-bond donors (Lipinski definition) is 3. The molecule has 2 rings (SSSR count). The Morgan fingerprint density at radius 2 is 2.05 bits per heavy atom. The molecule has 20 heavy (non-hydrogen) atoms. The van der Waals surface area contributed by atoms with E-state index in [-0.39, 0.29) is 10.7 Å². The van der Waals surface area contributed by atoms with Crippen molar-refractivity contribution >= 4 is 21.6 Å². The number of hydrogen-bond acceptors (Lipinski definition) is 5. The molecule has 0 aliphatic rings. The highest BCUT2D eigenvalue weighted by atomic mass is 32.2. The Labute approximate surface area is 115 Å². The second-order valence-corrected chi connectivity index (χ2v) is 5.81. The number of aromatic nitrogens is 3. The molecule has 0 radical (unpaired) electrons. The highest BCUT2D eigenvalue weighted by molar-refractivity contribution is 7.89. The van der Waals surface area contributed by atoms with E-state index in [0.29, 0.717) is 11.3 Å². The van der Waals surface area contributed by atoms with E-state index >= 15 is 0 Å². The SMILES string of the molecule is Cc1cc(S(N)(=O)=O)cc(NC(=O)c2ncn[nH]2)c1C. The van der Waals surface area contributed by atoms with Gasteiger partial charge in [-0.3, -0.25) is 9.89 Å². The van der Waals surface area contributed by atoms with Gasteiger partial charge in [-0.1, -0.05) is 0 Å². The number of nitrogens with zero attached hydrogens (tertiary/aromatic N) is 2. The van der Waals surface area contributed by atoms with Crippen molar-refractivity contribution in [3.63, 3.8) is 0 Å². The van der Waals surface area contributed by atoms with E-state index in [4.69, 9.17) is 5.14 Å². The van der Waals surface area contributed by atoms with Crippen LogP contribution in [0.25, 0.3) is 0 Å². The molecule has 0 spiro atoms. The van der Waals surface area contributed by atoms with E-state index in [9.17, 15) is 13.2 Å². The summed E-state index contributed by atoms with van der Waals surface area (Å²) in [6, 6.07) is 2.76. The molecule has 0 aliphatic heterocycles. The number of nitrogens with one attached hydrogen (secondary N) is 2. The fourth-order valence-electron chi connectivity index (χ4n) is 1.62. The number of primary sulfonamides is 1. The topological polar surface area (TPSA) is 131 Å². The second-order valence-electron chi connectivity index (χ2n) is 4.25. The van der Waals surface area contributed by atoms with Crippen LogP contribution in [0.2, 0.25) is 0 Å². The number of nitrogens with two attached hydrogens (primary N) is 1. The number of benzene rings is 1. The lowest BCUT2D eigenvalue weighted by atomic mass is 10.1. The van der Waals surface area contributed by atoms with E-state index in [1.54, 1.807) is 13.8 Å². The maximum Gasteiger partial charge on any atom is 0.292 e. The number of sulfonamides is 1. The molecule has 1 amide bonds. The molecule has 0 atom stereocenters. The van der Waals surface area contributed by atoms with Crippen molar-refractivity contribution < 1.29 is 13.2 Å². The van der Waals surface area contributed by atoms with Crippen LogP contribution in [0.15, 0.2) is 23.4 Å². The number of carbonyl (C=O) groups excluding carboxylic acids is 1. The van der Waals surface area contributed by atoms with Crippen molar-refractivity contribution in [2.45, 2.75) is 18.7 Å². The molecular weight excluding hydrogens is 282 g/mol. The van der Waals surface area contributed by atoms with Crippen LogP contribution in [-0.4, -0.2) is 29.5 Å². The Balaban J connectivity index is 2.41. The first-order valence-electron chi connectivity index (χ1n) is 5.60. The second kappa shape index (κ2) is 5.02. The van der Waals surface area contributed by atoms with Crippen LogP contribution < -0.4 is 10.5 Å². The summed E-state index contributed by atoms with van der Waals surface area (Å²) in [7, 11) is -3.84. The van der Waals surface area contributed by atoms with Crippen LogP contribution >= 0.6 is 0 Å². The van der Waals surface area contributed by atoms with Gasteiger partial charge in [0.1, 0.15) is 6.33 Å². The molecule has 0 bridgehead atoms. The molecule has 0 saturated heterocycles. The lowest BCUT2D eigenvalue weighted by Crippen LogP contribution is -2.17. The van der Waals surface area contributed by atoms with Crippen molar-refractivity contribution in [3.05, 3.63) is 35.4 Å². The Morgan fingerprint density at radius 3 is 2.60 bits per heavy atom. The van der Waals surface area contributed by atoms with Gasteiger partial charge in [-0.25, -0.2) is 18.5 Å². The standard InChI is InChI=1S/C11H13N5O3S/c1-6-3-8(20(12,18)19)4-9(7(6)2)15-11(17)10-13-5-14-16-10/h3-5H,1-2H3,(H,15,17)(H2,12,18,19)(H,13,14,16). The predicted molar refractivity (Wildman–Crippen MR) is 71.6 cm³/mol. The smallest absolute Gasteiger partial charge is 0.292 e. The van der Waals surface area contributed by atoms with Gasteiger partial charge in [0.25, 0.3) is 5.91 Å². The molecule has 1 aromatic heterocycles. The first kappa shape index (κ1) is 14.2. The minimum atomic E-state index is -3.84. The highest BCUT2D eigenvalue weighted by Gasteiger charge is 2.15. The summed E-state index contributed by atoms with van der Waals surface area (Å²) in [5.74, 6) is -0.486. The molecule has 2 aromatic rings. The van der Waals surface area contributed by atoms with Crippen molar-refractivity contribution in [2.24, 2.45) is 5.14 Å². The summed E-state index contributed by atoms with van der Waals surface area (Å²) >= 11 is 0. The number of rotatable bonds is 3. The molecule has 106 valence electrons. The van der Waals surface area contributed by atoms with Gasteiger partial charge in [-0.2, -0.15) is 5.10 Å². The molecule has 9 heteroatoms. The molecular formula is C11H13N5O3S. The van der Waals surface area contributed by atoms with E-state index in [2.05, 4.69) is 20.5 Å². The zero-order chi connectivity index (χ0) is 14.9. The third kappa shape index (κ3) is 2.83. The van der Waals surface area contributed by atoms with Crippen LogP contribution in [0.4, 0.5) is 5.69 Å². The van der Waals surface area contributed by atoms with Crippen molar-refractivity contribution in [1.82, 2.24) is 15.2 Å². The molecule has 0 fully saturated rings. The van der Waals surface area contributed by atoms with Gasteiger partial charge < -0.3 is 5.32 Å². The van der Waals surface area contributed by atoms with Crippen LogP contribution in [-0.2, 0) is 10.0 Å². The van der Waals surface area contributed by atoms with Crippen LogP contribution in [0.1, 0.15) is 21.7 Å². The Bertz CT molecular complexity index is 753. The fraction of sp³-hybridized carbons (Fsp3) is 0.182. The van der Waals surface area contributed by atoms with Crippen LogP contribution in [0, 0.1) is 13.8 Å². The van der Waals surface area contributed by atoms with Gasteiger partial charge in [-0.15, -0.1) is 0 Å². The zero-order valence-electron chi connectivity index (χ0n) is 10.8. The summed E-state index contributed by atoms with van der Waals surface area (Å²) in [5.41, 5.74) is 1.80. The highest BCUT2D eigenvalue weighted by Crippen LogP contribution is 2.23. The monoisotopic (exact) mass is 295 g/mol. The van der Waals surface area contributed by atoms with E-state index in [1.807, 2.05) is 0 Å². The maximum absolute atomic E-state index is 11.9. The number of H-pyrrole nitrogens is 1. The van der Waals surface area contributed by atoms with Crippen LogP contribution in [0.3, 0.4) is 0 Å². The van der Waals surface area contributed by atoms with Gasteiger partial charge in [0, 0.05) is 5.69 Å². The van der Waals surface area contributed by atoms with Crippen molar-refractivity contribution in [2.75, 3.05) is 5.32 Å². The Hall–Kier alpha value is -2.26. The third-order valence-corrected chi connectivity index (χ3v) is 3.74. The lowest BCUT2D eigenvalue weighted by molar-refractivity contribution is 0.101.